The van der Waals surface area contributed by atoms with Gasteiger partial charge in [0.15, 0.2) is 0 Å². The molecule has 48 heavy (non-hydrogen) atoms. The van der Waals surface area contributed by atoms with Crippen LogP contribution < -0.4 is 14.8 Å². The van der Waals surface area contributed by atoms with E-state index in [1.807, 2.05) is 29.9 Å². The number of tetrazole rings is 1. The van der Waals surface area contributed by atoms with Crippen LogP contribution in [0.15, 0.2) is 43.1 Å². The normalized spacial score (nSPS) is 19.4. The van der Waals surface area contributed by atoms with Crippen molar-refractivity contribution in [3.05, 3.63) is 48.7 Å². The van der Waals surface area contributed by atoms with Crippen molar-refractivity contribution in [1.29, 1.82) is 5.26 Å². The van der Waals surface area contributed by atoms with Gasteiger partial charge in [0.2, 0.25) is 5.95 Å². The molecule has 1 saturated heterocycles. The molecule has 15 nitrogen and oxygen atoms in total. The van der Waals surface area contributed by atoms with Crippen molar-refractivity contribution in [3.8, 4) is 28.8 Å². The highest BCUT2D eigenvalue weighted by Gasteiger charge is 2.29. The summed E-state index contributed by atoms with van der Waals surface area (Å²) in [6.07, 6.45) is 11.4. The van der Waals surface area contributed by atoms with Crippen LogP contribution in [0, 0.1) is 11.3 Å². The highest BCUT2D eigenvalue weighted by atomic mass is 16.5. The molecule has 1 atom stereocenters. The lowest BCUT2D eigenvalue weighted by molar-refractivity contribution is 0.00501. The van der Waals surface area contributed by atoms with E-state index in [9.17, 15) is 10.4 Å². The Morgan fingerprint density at radius 3 is 2.54 bits per heavy atom. The summed E-state index contributed by atoms with van der Waals surface area (Å²) in [6, 6.07) is 8.42. The molecule has 0 radical (unpaired) electrons. The van der Waals surface area contributed by atoms with Crippen LogP contribution in [0.1, 0.15) is 64.5 Å². The van der Waals surface area contributed by atoms with Crippen molar-refractivity contribution in [2.45, 2.75) is 83.2 Å². The summed E-state index contributed by atoms with van der Waals surface area (Å²) in [5.74, 6) is 1.30. The van der Waals surface area contributed by atoms with Crippen molar-refractivity contribution in [2.75, 3.05) is 38.2 Å². The maximum absolute atomic E-state index is 10.2. The SMILES string of the molecule is CC(Cn1cnnn1)Oc1cc(-c2cnc(Nc3cn(C4CCC(N5CCOCC5)CC4)nc3OCCC(C)(C)O)nc2)ccc1C#N. The average molecular weight is 658 g/mol. The maximum atomic E-state index is 10.2. The third-order valence-electron chi connectivity index (χ3n) is 8.75. The van der Waals surface area contributed by atoms with Crippen molar-refractivity contribution in [1.82, 2.24) is 44.9 Å². The molecular formula is C33H43N11O4. The molecular weight excluding hydrogens is 614 g/mol. The van der Waals surface area contributed by atoms with Gasteiger partial charge in [0.25, 0.3) is 5.88 Å². The number of morpholine rings is 1. The number of ether oxygens (including phenoxy) is 3. The van der Waals surface area contributed by atoms with Crippen LogP contribution in [-0.2, 0) is 11.3 Å². The standard InChI is InChI=1S/C33H43N11O4/c1-23(20-43-22-37-40-41-43)48-30-16-24(4-5-25(30)17-34)26-18-35-32(36-19-26)38-29-21-44(39-31(29)47-13-10-33(2,3)45)28-8-6-27(7-9-28)42-11-14-46-15-12-42/h4-5,16,18-19,21-23,27-28,45H,6-15,20H2,1-3H3,(H,35,36,38). The molecule has 1 aromatic carbocycles. The molecule has 0 spiro atoms. The minimum absolute atomic E-state index is 0.265. The zero-order valence-corrected chi connectivity index (χ0v) is 27.7. The molecule has 6 rings (SSSR count). The average Bonchev–Trinajstić information content (AvgIpc) is 3.75. The van der Waals surface area contributed by atoms with Gasteiger partial charge >= 0.3 is 0 Å². The molecule has 1 unspecified atom stereocenters. The van der Waals surface area contributed by atoms with Gasteiger partial charge in [-0.05, 0) is 74.6 Å². The van der Waals surface area contributed by atoms with Gasteiger partial charge in [-0.25, -0.2) is 14.6 Å². The first kappa shape index (κ1) is 33.3. The van der Waals surface area contributed by atoms with E-state index < -0.39 is 5.60 Å². The van der Waals surface area contributed by atoms with E-state index >= 15 is 0 Å². The van der Waals surface area contributed by atoms with Crippen LogP contribution in [0.3, 0.4) is 0 Å². The second-order valence-corrected chi connectivity index (χ2v) is 13.1. The molecule has 4 aromatic rings. The van der Waals surface area contributed by atoms with Crippen LogP contribution in [0.4, 0.5) is 11.6 Å². The van der Waals surface area contributed by atoms with E-state index in [0.29, 0.717) is 54.4 Å². The van der Waals surface area contributed by atoms with Gasteiger partial charge < -0.3 is 24.6 Å². The van der Waals surface area contributed by atoms with Gasteiger partial charge in [-0.15, -0.1) is 10.2 Å². The number of nitriles is 1. The van der Waals surface area contributed by atoms with E-state index in [1.165, 1.54) is 6.33 Å². The molecule has 1 aliphatic carbocycles. The number of benzene rings is 1. The number of aliphatic hydroxyl groups is 1. The predicted molar refractivity (Wildman–Crippen MR) is 176 cm³/mol. The second-order valence-electron chi connectivity index (χ2n) is 13.1. The van der Waals surface area contributed by atoms with E-state index in [-0.39, 0.29) is 12.1 Å². The summed E-state index contributed by atoms with van der Waals surface area (Å²) in [5.41, 5.74) is 1.80. The molecule has 4 heterocycles. The Labute approximate surface area is 279 Å². The molecule has 254 valence electrons. The Morgan fingerprint density at radius 1 is 1.10 bits per heavy atom. The Balaban J connectivity index is 1.14. The Bertz CT molecular complexity index is 1650. The van der Waals surface area contributed by atoms with Crippen LogP contribution in [-0.4, -0.2) is 101 Å². The third kappa shape index (κ3) is 8.62. The number of hydrogen-bond acceptors (Lipinski definition) is 13. The van der Waals surface area contributed by atoms with Crippen molar-refractivity contribution in [2.24, 2.45) is 0 Å². The van der Waals surface area contributed by atoms with Gasteiger partial charge in [-0.3, -0.25) is 9.58 Å². The fraction of sp³-hybridized carbons (Fsp3) is 0.545. The third-order valence-corrected chi connectivity index (χ3v) is 8.75. The number of nitrogens with one attached hydrogen (secondary N) is 1. The van der Waals surface area contributed by atoms with Gasteiger partial charge in [0.05, 0.1) is 49.8 Å². The van der Waals surface area contributed by atoms with Gasteiger partial charge in [0, 0.05) is 43.5 Å². The summed E-state index contributed by atoms with van der Waals surface area (Å²) in [6.45, 7) is 9.80. The summed E-state index contributed by atoms with van der Waals surface area (Å²) in [4.78, 5) is 11.7. The van der Waals surface area contributed by atoms with E-state index in [1.54, 1.807) is 37.0 Å². The molecule has 2 aliphatic rings. The van der Waals surface area contributed by atoms with Crippen LogP contribution in [0.25, 0.3) is 11.1 Å². The lowest BCUT2D eigenvalue weighted by Gasteiger charge is -2.38. The molecule has 2 fully saturated rings. The van der Waals surface area contributed by atoms with E-state index in [2.05, 4.69) is 41.8 Å². The summed E-state index contributed by atoms with van der Waals surface area (Å²) in [7, 11) is 0. The summed E-state index contributed by atoms with van der Waals surface area (Å²) < 4.78 is 21.3. The summed E-state index contributed by atoms with van der Waals surface area (Å²) in [5, 5.41) is 39.2. The van der Waals surface area contributed by atoms with E-state index in [0.717, 1.165) is 63.1 Å². The van der Waals surface area contributed by atoms with Crippen molar-refractivity contribution >= 4 is 11.6 Å². The maximum Gasteiger partial charge on any atom is 0.256 e. The topological polar surface area (TPSA) is 174 Å². The number of hydrogen-bond donors (Lipinski definition) is 2. The van der Waals surface area contributed by atoms with Crippen molar-refractivity contribution in [3.63, 3.8) is 0 Å². The van der Waals surface area contributed by atoms with Gasteiger partial charge in [-0.2, -0.15) is 5.26 Å². The van der Waals surface area contributed by atoms with E-state index in [4.69, 9.17) is 19.3 Å². The quantitative estimate of drug-likeness (QED) is 0.213. The Morgan fingerprint density at radius 2 is 1.85 bits per heavy atom. The molecule has 15 heteroatoms. The Hall–Kier alpha value is -4.65. The van der Waals surface area contributed by atoms with Crippen molar-refractivity contribution < 1.29 is 19.3 Å². The highest BCUT2D eigenvalue weighted by Crippen LogP contribution is 2.35. The fourth-order valence-electron chi connectivity index (χ4n) is 6.12. The molecule has 1 aliphatic heterocycles. The number of anilines is 2. The smallest absolute Gasteiger partial charge is 0.256 e. The zero-order valence-electron chi connectivity index (χ0n) is 27.7. The Kier molecular flexibility index (Phi) is 10.4. The monoisotopic (exact) mass is 657 g/mol. The molecule has 3 aromatic heterocycles. The first-order valence-electron chi connectivity index (χ1n) is 16.5. The van der Waals surface area contributed by atoms with Crippen LogP contribution in [0.5, 0.6) is 11.6 Å². The predicted octanol–water partition coefficient (Wildman–Crippen LogP) is 3.77. The first-order valence-corrected chi connectivity index (χ1v) is 16.5. The molecule has 2 N–H and O–H groups in total. The lowest BCUT2D eigenvalue weighted by Crippen LogP contribution is -2.45. The number of rotatable bonds is 13. The minimum atomic E-state index is -0.851. The first-order chi connectivity index (χ1) is 23.2. The number of aromatic nitrogens is 8. The molecule has 0 amide bonds. The fourth-order valence-corrected chi connectivity index (χ4v) is 6.12. The molecule has 1 saturated carbocycles. The second kappa shape index (κ2) is 15.1. The van der Waals surface area contributed by atoms with Gasteiger partial charge in [-0.1, -0.05) is 6.07 Å². The zero-order chi connectivity index (χ0) is 33.5. The minimum Gasteiger partial charge on any atom is -0.487 e. The highest BCUT2D eigenvalue weighted by molar-refractivity contribution is 5.67. The van der Waals surface area contributed by atoms with Crippen LogP contribution in [0.2, 0.25) is 0 Å². The van der Waals surface area contributed by atoms with Gasteiger partial charge in [0.1, 0.15) is 29.9 Å². The molecule has 0 bridgehead atoms. The lowest BCUT2D eigenvalue weighted by atomic mass is 9.90. The largest absolute Gasteiger partial charge is 0.487 e. The summed E-state index contributed by atoms with van der Waals surface area (Å²) >= 11 is 0. The van der Waals surface area contributed by atoms with Crippen LogP contribution >= 0.6 is 0 Å². The number of nitrogens with zero attached hydrogens (tertiary/aromatic N) is 10.